The van der Waals surface area contributed by atoms with Crippen molar-refractivity contribution in [3.63, 3.8) is 0 Å². The van der Waals surface area contributed by atoms with E-state index >= 15 is 0 Å². The lowest BCUT2D eigenvalue weighted by atomic mass is 10.0. The molecule has 6 N–H and O–H groups in total. The van der Waals surface area contributed by atoms with Gasteiger partial charge in [0.15, 0.2) is 11.7 Å². The van der Waals surface area contributed by atoms with Gasteiger partial charge in [0.05, 0.1) is 12.6 Å². The van der Waals surface area contributed by atoms with Crippen LogP contribution in [-0.4, -0.2) is 42.3 Å². The van der Waals surface area contributed by atoms with Crippen LogP contribution in [0.25, 0.3) is 0 Å². The van der Waals surface area contributed by atoms with Crippen molar-refractivity contribution >= 4 is 17.6 Å². The summed E-state index contributed by atoms with van der Waals surface area (Å²) in [5.74, 6) is 5.28. The summed E-state index contributed by atoms with van der Waals surface area (Å²) in [5, 5.41) is 6.00. The van der Waals surface area contributed by atoms with Gasteiger partial charge in [0.1, 0.15) is 6.04 Å². The molecule has 0 aliphatic heterocycles. The first-order chi connectivity index (χ1) is 11.2. The van der Waals surface area contributed by atoms with Gasteiger partial charge in [-0.1, -0.05) is 32.6 Å². The zero-order chi connectivity index (χ0) is 18.7. The zero-order valence-electron chi connectivity index (χ0n) is 15.3. The van der Waals surface area contributed by atoms with Crippen LogP contribution in [0.2, 0.25) is 0 Å². The van der Waals surface area contributed by atoms with E-state index in [1.165, 1.54) is 6.92 Å². The van der Waals surface area contributed by atoms with Crippen LogP contribution >= 0.6 is 0 Å². The molecule has 0 heterocycles. The Morgan fingerprint density at radius 3 is 2.29 bits per heavy atom. The molecule has 0 spiro atoms. The molecular weight excluding hydrogens is 306 g/mol. The lowest BCUT2D eigenvalue weighted by Crippen LogP contribution is -2.53. The third kappa shape index (κ3) is 9.16. The van der Waals surface area contributed by atoms with Gasteiger partial charge in [0.2, 0.25) is 5.91 Å². The number of aliphatic imine (C=N–C) groups is 1. The number of ketones is 1. The van der Waals surface area contributed by atoms with Crippen molar-refractivity contribution in [2.75, 3.05) is 6.54 Å². The second-order valence-corrected chi connectivity index (χ2v) is 6.13. The number of nitrogens with two attached hydrogens (primary N) is 2. The largest absolute Gasteiger partial charge is 0.370 e. The molecule has 7 heteroatoms. The molecule has 0 aromatic carbocycles. The maximum Gasteiger partial charge on any atom is 0.238 e. The van der Waals surface area contributed by atoms with Crippen LogP contribution in [0.15, 0.2) is 4.99 Å². The van der Waals surface area contributed by atoms with Crippen molar-refractivity contribution in [2.45, 2.75) is 65.6 Å². The van der Waals surface area contributed by atoms with Crippen LogP contribution in [0.4, 0.5) is 0 Å². The number of nitrogens with zero attached hydrogens (tertiary/aromatic N) is 1. The van der Waals surface area contributed by atoms with Gasteiger partial charge in [-0.3, -0.25) is 14.6 Å². The van der Waals surface area contributed by atoms with Crippen molar-refractivity contribution in [3.05, 3.63) is 0 Å². The van der Waals surface area contributed by atoms with Crippen LogP contribution < -0.4 is 22.1 Å². The van der Waals surface area contributed by atoms with E-state index in [9.17, 15) is 9.59 Å². The number of carbonyl (C=O) groups excluding carboxylic acids is 2. The fourth-order valence-corrected chi connectivity index (χ4v) is 1.88. The molecule has 24 heavy (non-hydrogen) atoms. The minimum Gasteiger partial charge on any atom is -0.370 e. The number of hydrogen-bond donors (Lipinski definition) is 4. The van der Waals surface area contributed by atoms with Gasteiger partial charge in [-0.15, -0.1) is 0 Å². The Kier molecular flexibility index (Phi) is 10.5. The van der Waals surface area contributed by atoms with E-state index in [1.807, 2.05) is 27.7 Å². The minimum absolute atomic E-state index is 0.00381. The third-order valence-electron chi connectivity index (χ3n) is 3.50. The molecule has 0 saturated carbocycles. The Balaban J connectivity index is 4.84. The van der Waals surface area contributed by atoms with E-state index in [2.05, 4.69) is 27.5 Å². The fraction of sp³-hybridized carbons (Fsp3) is 0.706. The highest BCUT2D eigenvalue weighted by Gasteiger charge is 2.26. The summed E-state index contributed by atoms with van der Waals surface area (Å²) in [6.45, 7) is 9.76. The molecule has 0 radical (unpaired) electrons. The van der Waals surface area contributed by atoms with Gasteiger partial charge in [0, 0.05) is 12.5 Å². The highest BCUT2D eigenvalue weighted by Crippen LogP contribution is 2.05. The third-order valence-corrected chi connectivity index (χ3v) is 3.50. The molecule has 0 rings (SSSR count). The molecule has 0 aliphatic rings. The summed E-state index contributed by atoms with van der Waals surface area (Å²) in [4.78, 5) is 28.0. The quantitative estimate of drug-likeness (QED) is 0.206. The number of amides is 1. The monoisotopic (exact) mass is 337 g/mol. The Morgan fingerprint density at radius 2 is 1.83 bits per heavy atom. The molecule has 0 bridgehead atoms. The summed E-state index contributed by atoms with van der Waals surface area (Å²) >= 11 is 0. The second kappa shape index (κ2) is 11.5. The number of rotatable bonds is 9. The number of nitrogens with one attached hydrogen (secondary N) is 2. The molecule has 0 fully saturated rings. The van der Waals surface area contributed by atoms with E-state index in [-0.39, 0.29) is 35.7 Å². The number of Topliss-reactive ketones (excluding diaryl/α,β-unsaturated/α-hetero) is 1. The Labute approximate surface area is 145 Å². The van der Waals surface area contributed by atoms with Gasteiger partial charge < -0.3 is 22.1 Å². The molecule has 0 aromatic rings. The SMILES string of the molecule is CCC(C)N[C@H](C(=O)NC(C#CCCN=C(N)N)C(C)=O)C(C)C. The minimum atomic E-state index is -0.823. The first-order valence-electron chi connectivity index (χ1n) is 8.29. The average molecular weight is 337 g/mol. The first kappa shape index (κ1) is 21.9. The van der Waals surface area contributed by atoms with Crippen LogP contribution in [0.5, 0.6) is 0 Å². The number of carbonyl (C=O) groups is 2. The number of hydrogen-bond acceptors (Lipinski definition) is 4. The number of guanidine groups is 1. The highest BCUT2D eigenvalue weighted by molar-refractivity contribution is 5.92. The maximum absolute atomic E-state index is 12.5. The van der Waals surface area contributed by atoms with Crippen molar-refractivity contribution in [2.24, 2.45) is 22.4 Å². The van der Waals surface area contributed by atoms with Crippen molar-refractivity contribution in [3.8, 4) is 11.8 Å². The fourth-order valence-electron chi connectivity index (χ4n) is 1.88. The summed E-state index contributed by atoms with van der Waals surface area (Å²) in [6.07, 6.45) is 1.33. The summed E-state index contributed by atoms with van der Waals surface area (Å²) in [7, 11) is 0. The smallest absolute Gasteiger partial charge is 0.238 e. The van der Waals surface area contributed by atoms with Gasteiger partial charge in [-0.2, -0.15) is 0 Å². The molecule has 2 unspecified atom stereocenters. The van der Waals surface area contributed by atoms with Gasteiger partial charge in [-0.05, 0) is 26.2 Å². The van der Waals surface area contributed by atoms with E-state index in [1.54, 1.807) is 0 Å². The van der Waals surface area contributed by atoms with Crippen LogP contribution in [0.1, 0.15) is 47.5 Å². The predicted octanol–water partition coefficient (Wildman–Crippen LogP) is 0.140. The Bertz CT molecular complexity index is 501. The van der Waals surface area contributed by atoms with Gasteiger partial charge in [-0.25, -0.2) is 0 Å². The standard InChI is InChI=1S/C17H31N5O2/c1-6-12(4)21-15(11(2)3)16(24)22-14(13(5)23)9-7-8-10-20-17(18)19/h11-12,14-15,21H,6,8,10H2,1-5H3,(H,22,24)(H4,18,19,20)/t12?,14?,15-/m0/s1. The Hall–Kier alpha value is -2.07. The van der Waals surface area contributed by atoms with Crippen molar-refractivity contribution in [1.82, 2.24) is 10.6 Å². The van der Waals surface area contributed by atoms with Crippen molar-refractivity contribution in [1.29, 1.82) is 0 Å². The molecule has 1 amide bonds. The van der Waals surface area contributed by atoms with Gasteiger partial charge in [0.25, 0.3) is 0 Å². The first-order valence-corrected chi connectivity index (χ1v) is 8.29. The van der Waals surface area contributed by atoms with Crippen LogP contribution in [0.3, 0.4) is 0 Å². The molecule has 7 nitrogen and oxygen atoms in total. The second-order valence-electron chi connectivity index (χ2n) is 6.13. The van der Waals surface area contributed by atoms with Gasteiger partial charge >= 0.3 is 0 Å². The molecule has 0 saturated heterocycles. The van der Waals surface area contributed by atoms with E-state index in [0.29, 0.717) is 13.0 Å². The van der Waals surface area contributed by atoms with Crippen LogP contribution in [0, 0.1) is 17.8 Å². The zero-order valence-corrected chi connectivity index (χ0v) is 15.3. The van der Waals surface area contributed by atoms with E-state index in [4.69, 9.17) is 11.5 Å². The maximum atomic E-state index is 12.5. The molecule has 0 aliphatic carbocycles. The molecule has 0 aromatic heterocycles. The Morgan fingerprint density at radius 1 is 1.21 bits per heavy atom. The highest BCUT2D eigenvalue weighted by atomic mass is 16.2. The van der Waals surface area contributed by atoms with Crippen LogP contribution in [-0.2, 0) is 9.59 Å². The van der Waals surface area contributed by atoms with Crippen molar-refractivity contribution < 1.29 is 9.59 Å². The molecular formula is C17H31N5O2. The summed E-state index contributed by atoms with van der Waals surface area (Å²) in [6, 6.07) is -0.980. The lowest BCUT2D eigenvalue weighted by molar-refractivity contribution is -0.128. The molecule has 3 atom stereocenters. The summed E-state index contributed by atoms with van der Waals surface area (Å²) in [5.41, 5.74) is 10.4. The molecule has 136 valence electrons. The van der Waals surface area contributed by atoms with E-state index < -0.39 is 6.04 Å². The normalized spacial score (nSPS) is 14.1. The summed E-state index contributed by atoms with van der Waals surface area (Å²) < 4.78 is 0. The average Bonchev–Trinajstić information content (AvgIpc) is 2.49. The topological polar surface area (TPSA) is 123 Å². The lowest BCUT2D eigenvalue weighted by Gasteiger charge is -2.26. The van der Waals surface area contributed by atoms with E-state index in [0.717, 1.165) is 6.42 Å². The predicted molar refractivity (Wildman–Crippen MR) is 97.2 cm³/mol.